The van der Waals surface area contributed by atoms with Gasteiger partial charge < -0.3 is 10.4 Å². The molecule has 0 radical (unpaired) electrons. The van der Waals surface area contributed by atoms with Gasteiger partial charge in [-0.2, -0.15) is 10.2 Å². The lowest BCUT2D eigenvalue weighted by Gasteiger charge is -2.10. The molecule has 0 atom stereocenters. The van der Waals surface area contributed by atoms with E-state index in [0.717, 1.165) is 11.4 Å². The Morgan fingerprint density at radius 2 is 1.62 bits per heavy atom. The van der Waals surface area contributed by atoms with Crippen LogP contribution in [0.1, 0.15) is 5.69 Å². The van der Waals surface area contributed by atoms with Gasteiger partial charge in [0.05, 0.1) is 0 Å². The van der Waals surface area contributed by atoms with Gasteiger partial charge in [0.25, 0.3) is 5.88 Å². The quantitative estimate of drug-likeness (QED) is 0.770. The largest absolute Gasteiger partial charge is 0.491 e. The molecule has 2 aromatic carbocycles. The number of nitriles is 1. The highest BCUT2D eigenvalue weighted by molar-refractivity contribution is 5.60. The first-order chi connectivity index (χ1) is 10.3. The SMILES string of the molecule is N#Cc1c(O)nc(Nc2ccccc2)n1-c1ccccc1. The standard InChI is InChI=1S/C16H12N4O/c17-11-14-15(21)19-16(18-12-7-3-1-4-8-12)20(14)13-9-5-2-6-10-13/h1-10,21H,(H,18,19). The molecule has 0 amide bonds. The Kier molecular flexibility index (Phi) is 3.27. The number of hydrogen-bond acceptors (Lipinski definition) is 4. The highest BCUT2D eigenvalue weighted by atomic mass is 16.3. The molecule has 0 aliphatic carbocycles. The minimum absolute atomic E-state index is 0.0969. The Bertz CT molecular complexity index is 788. The molecule has 3 rings (SSSR count). The third kappa shape index (κ3) is 2.42. The van der Waals surface area contributed by atoms with E-state index in [2.05, 4.69) is 10.3 Å². The van der Waals surface area contributed by atoms with Crippen LogP contribution >= 0.6 is 0 Å². The summed E-state index contributed by atoms with van der Waals surface area (Å²) in [6.07, 6.45) is 0. The molecular weight excluding hydrogens is 264 g/mol. The number of rotatable bonds is 3. The number of nitrogens with zero attached hydrogens (tertiary/aromatic N) is 3. The molecule has 1 aromatic heterocycles. The molecule has 5 nitrogen and oxygen atoms in total. The molecule has 0 saturated carbocycles. The van der Waals surface area contributed by atoms with Crippen molar-refractivity contribution in [2.75, 3.05) is 5.32 Å². The molecule has 0 saturated heterocycles. The van der Waals surface area contributed by atoms with Crippen molar-refractivity contribution in [3.63, 3.8) is 0 Å². The maximum atomic E-state index is 9.86. The van der Waals surface area contributed by atoms with Gasteiger partial charge in [-0.3, -0.25) is 4.57 Å². The molecular formula is C16H12N4O. The molecule has 0 bridgehead atoms. The van der Waals surface area contributed by atoms with Gasteiger partial charge in [-0.05, 0) is 24.3 Å². The average molecular weight is 276 g/mol. The van der Waals surface area contributed by atoms with Crippen molar-refractivity contribution in [1.82, 2.24) is 9.55 Å². The van der Waals surface area contributed by atoms with Crippen LogP contribution in [0, 0.1) is 11.3 Å². The average Bonchev–Trinajstić information content (AvgIpc) is 2.84. The van der Waals surface area contributed by atoms with Crippen LogP contribution in [0.4, 0.5) is 11.6 Å². The van der Waals surface area contributed by atoms with Crippen LogP contribution in [0.15, 0.2) is 60.7 Å². The Hall–Kier alpha value is -3.26. The third-order valence-corrected chi connectivity index (χ3v) is 3.01. The molecule has 0 fully saturated rings. The van der Waals surface area contributed by atoms with Crippen molar-refractivity contribution in [3.8, 4) is 17.6 Å². The lowest BCUT2D eigenvalue weighted by atomic mass is 10.3. The van der Waals surface area contributed by atoms with E-state index in [1.807, 2.05) is 66.7 Å². The van der Waals surface area contributed by atoms with Gasteiger partial charge in [0.15, 0.2) is 5.69 Å². The fourth-order valence-corrected chi connectivity index (χ4v) is 2.07. The first-order valence-electron chi connectivity index (χ1n) is 6.39. The van der Waals surface area contributed by atoms with Gasteiger partial charge in [0, 0.05) is 11.4 Å². The fraction of sp³-hybridized carbons (Fsp3) is 0. The number of aromatic nitrogens is 2. The van der Waals surface area contributed by atoms with Gasteiger partial charge >= 0.3 is 0 Å². The second-order valence-electron chi connectivity index (χ2n) is 4.38. The molecule has 1 heterocycles. The highest BCUT2D eigenvalue weighted by Crippen LogP contribution is 2.27. The van der Waals surface area contributed by atoms with Crippen LogP contribution in [0.3, 0.4) is 0 Å². The van der Waals surface area contributed by atoms with E-state index in [4.69, 9.17) is 0 Å². The molecule has 5 heteroatoms. The Morgan fingerprint density at radius 1 is 1.00 bits per heavy atom. The molecule has 3 aromatic rings. The number of imidazole rings is 1. The van der Waals surface area contributed by atoms with Gasteiger partial charge in [0.2, 0.25) is 5.95 Å². The lowest BCUT2D eigenvalue weighted by molar-refractivity contribution is 0.454. The Labute approximate surface area is 121 Å². The van der Waals surface area contributed by atoms with E-state index in [-0.39, 0.29) is 11.6 Å². The molecule has 0 aliphatic rings. The topological polar surface area (TPSA) is 73.9 Å². The molecule has 2 N–H and O–H groups in total. The number of para-hydroxylation sites is 2. The summed E-state index contributed by atoms with van der Waals surface area (Å²) < 4.78 is 1.59. The van der Waals surface area contributed by atoms with Crippen LogP contribution in [0.5, 0.6) is 5.88 Å². The number of benzene rings is 2. The zero-order chi connectivity index (χ0) is 14.7. The first kappa shape index (κ1) is 12.8. The van der Waals surface area contributed by atoms with Crippen molar-refractivity contribution in [2.45, 2.75) is 0 Å². The Balaban J connectivity index is 2.11. The maximum Gasteiger partial charge on any atom is 0.250 e. The summed E-state index contributed by atoms with van der Waals surface area (Å²) in [6, 6.07) is 20.7. The first-order valence-corrected chi connectivity index (χ1v) is 6.39. The van der Waals surface area contributed by atoms with Crippen molar-refractivity contribution >= 4 is 11.6 Å². The van der Waals surface area contributed by atoms with Crippen LogP contribution in [-0.4, -0.2) is 14.7 Å². The summed E-state index contributed by atoms with van der Waals surface area (Å²) in [5, 5.41) is 22.2. The van der Waals surface area contributed by atoms with Crippen molar-refractivity contribution in [2.24, 2.45) is 0 Å². The Morgan fingerprint density at radius 3 is 2.24 bits per heavy atom. The van der Waals surface area contributed by atoms with Crippen LogP contribution in [0.25, 0.3) is 5.69 Å². The highest BCUT2D eigenvalue weighted by Gasteiger charge is 2.17. The number of nitrogens with one attached hydrogen (secondary N) is 1. The summed E-state index contributed by atoms with van der Waals surface area (Å²) in [5.41, 5.74) is 1.67. The van der Waals surface area contributed by atoms with E-state index in [1.165, 1.54) is 0 Å². The fourth-order valence-electron chi connectivity index (χ4n) is 2.07. The van der Waals surface area contributed by atoms with Crippen LogP contribution in [0.2, 0.25) is 0 Å². The smallest absolute Gasteiger partial charge is 0.250 e. The number of anilines is 2. The van der Waals surface area contributed by atoms with E-state index in [1.54, 1.807) is 4.57 Å². The molecule has 0 unspecified atom stereocenters. The van der Waals surface area contributed by atoms with Crippen LogP contribution in [-0.2, 0) is 0 Å². The molecule has 21 heavy (non-hydrogen) atoms. The maximum absolute atomic E-state index is 9.86. The van der Waals surface area contributed by atoms with Gasteiger partial charge in [-0.15, -0.1) is 0 Å². The minimum atomic E-state index is -0.292. The molecule has 0 aliphatic heterocycles. The van der Waals surface area contributed by atoms with Crippen molar-refractivity contribution in [3.05, 3.63) is 66.4 Å². The summed E-state index contributed by atoms with van der Waals surface area (Å²) in [5.74, 6) is 0.0984. The predicted molar refractivity (Wildman–Crippen MR) is 79.7 cm³/mol. The van der Waals surface area contributed by atoms with E-state index < -0.39 is 0 Å². The van der Waals surface area contributed by atoms with Gasteiger partial charge in [0.1, 0.15) is 6.07 Å². The van der Waals surface area contributed by atoms with Crippen LogP contribution < -0.4 is 5.32 Å². The van der Waals surface area contributed by atoms with Crippen molar-refractivity contribution < 1.29 is 5.11 Å². The third-order valence-electron chi connectivity index (χ3n) is 3.01. The summed E-state index contributed by atoms with van der Waals surface area (Å²) >= 11 is 0. The monoisotopic (exact) mass is 276 g/mol. The lowest BCUT2D eigenvalue weighted by Crippen LogP contribution is -2.03. The zero-order valence-electron chi connectivity index (χ0n) is 11.1. The summed E-state index contributed by atoms with van der Waals surface area (Å²) in [4.78, 5) is 4.04. The normalized spacial score (nSPS) is 10.0. The van der Waals surface area contributed by atoms with Crippen molar-refractivity contribution in [1.29, 1.82) is 5.26 Å². The van der Waals surface area contributed by atoms with Gasteiger partial charge in [-0.25, -0.2) is 0 Å². The molecule has 0 spiro atoms. The predicted octanol–water partition coefficient (Wildman–Crippen LogP) is 3.19. The second-order valence-corrected chi connectivity index (χ2v) is 4.38. The summed E-state index contributed by atoms with van der Waals surface area (Å²) in [7, 11) is 0. The number of aromatic hydroxyl groups is 1. The molecule has 102 valence electrons. The van der Waals surface area contributed by atoms with E-state index in [0.29, 0.717) is 5.95 Å². The summed E-state index contributed by atoms with van der Waals surface area (Å²) in [6.45, 7) is 0. The van der Waals surface area contributed by atoms with Gasteiger partial charge in [-0.1, -0.05) is 36.4 Å². The second kappa shape index (κ2) is 5.39. The minimum Gasteiger partial charge on any atom is -0.491 e. The number of hydrogen-bond donors (Lipinski definition) is 2. The van der Waals surface area contributed by atoms with E-state index in [9.17, 15) is 10.4 Å². The zero-order valence-corrected chi connectivity index (χ0v) is 11.1. The van der Waals surface area contributed by atoms with E-state index >= 15 is 0 Å².